The zero-order valence-electron chi connectivity index (χ0n) is 48.3. The molecule has 0 aliphatic heterocycles. The van der Waals surface area contributed by atoms with Gasteiger partial charge in [0.2, 0.25) is 0 Å². The smallest absolute Gasteiger partial charge is 0.345 e. The van der Waals surface area contributed by atoms with Crippen molar-refractivity contribution in [1.29, 1.82) is 0 Å². The van der Waals surface area contributed by atoms with Gasteiger partial charge in [-0.1, -0.05) is 257 Å². The van der Waals surface area contributed by atoms with E-state index in [0.717, 1.165) is 122 Å². The van der Waals surface area contributed by atoms with Crippen LogP contribution in [0.3, 0.4) is 0 Å². The zero-order chi connectivity index (χ0) is 52.6. The number of rotatable bonds is 58. The van der Waals surface area contributed by atoms with Crippen molar-refractivity contribution in [2.24, 2.45) is 11.8 Å². The summed E-state index contributed by atoms with van der Waals surface area (Å²) >= 11 is 0. The van der Waals surface area contributed by atoms with Crippen LogP contribution in [0, 0.1) is 11.8 Å². The summed E-state index contributed by atoms with van der Waals surface area (Å²) in [7, 11) is 0. The lowest BCUT2D eigenvalue weighted by molar-refractivity contribution is -0.171. The molecule has 0 heterocycles. The summed E-state index contributed by atoms with van der Waals surface area (Å²) in [6.45, 7) is 8.99. The number of aliphatic carboxylic acids is 1. The number of hydrogen-bond acceptors (Lipinski definition) is 5. The van der Waals surface area contributed by atoms with Gasteiger partial charge in [-0.25, -0.2) is 4.79 Å². The standard InChI is InChI=1S/C66H120O6/c1-5-9-13-17-21-25-28-31-33-36-39-42-45-49-53-57-61(67)60(56-52-48-44-41-38-35-30-27-23-19-15-11-7-3)64(66(71)72-63(65(69)70)59-55-51-47-24-20-16-12-8-4)62(68)58-54-50-46-43-40-37-34-32-29-26-22-18-14-10-6-2/h31-35,38,60,63-64H,5-30,36-37,39-59H2,1-4H3,(H,69,70). The zero-order valence-corrected chi connectivity index (χ0v) is 48.3. The van der Waals surface area contributed by atoms with Crippen molar-refractivity contribution in [3.05, 3.63) is 36.5 Å². The molecule has 0 aromatic carbocycles. The Morgan fingerprint density at radius 2 is 0.597 bits per heavy atom. The van der Waals surface area contributed by atoms with Crippen molar-refractivity contribution < 1.29 is 29.0 Å². The molecule has 0 bridgehead atoms. The number of carboxylic acid groups (broad SMARTS) is 1. The molecule has 420 valence electrons. The van der Waals surface area contributed by atoms with Gasteiger partial charge in [-0.3, -0.25) is 14.4 Å². The highest BCUT2D eigenvalue weighted by molar-refractivity contribution is 6.04. The topological polar surface area (TPSA) is 97.7 Å². The molecule has 3 unspecified atom stereocenters. The fourth-order valence-electron chi connectivity index (χ4n) is 10.1. The molecule has 6 nitrogen and oxygen atoms in total. The molecule has 0 fully saturated rings. The molecule has 0 saturated heterocycles. The van der Waals surface area contributed by atoms with Crippen molar-refractivity contribution in [3.63, 3.8) is 0 Å². The number of carbonyl (C=O) groups is 4. The summed E-state index contributed by atoms with van der Waals surface area (Å²) in [6, 6.07) is 0. The largest absolute Gasteiger partial charge is 0.479 e. The van der Waals surface area contributed by atoms with Gasteiger partial charge in [0, 0.05) is 18.8 Å². The molecule has 3 atom stereocenters. The van der Waals surface area contributed by atoms with Crippen LogP contribution in [0.2, 0.25) is 0 Å². The quantitative estimate of drug-likeness (QED) is 0.0282. The molecular weight excluding hydrogens is 889 g/mol. The summed E-state index contributed by atoms with van der Waals surface area (Å²) in [5.41, 5.74) is 0. The third-order valence-corrected chi connectivity index (χ3v) is 14.9. The molecule has 0 saturated carbocycles. The normalized spacial score (nSPS) is 13.2. The molecule has 6 heteroatoms. The van der Waals surface area contributed by atoms with Gasteiger partial charge in [-0.15, -0.1) is 0 Å². The maximum absolute atomic E-state index is 14.3. The fraction of sp³-hybridized carbons (Fsp3) is 0.848. The van der Waals surface area contributed by atoms with Crippen LogP contribution >= 0.6 is 0 Å². The maximum Gasteiger partial charge on any atom is 0.345 e. The third kappa shape index (κ3) is 46.1. The van der Waals surface area contributed by atoms with Gasteiger partial charge in [0.15, 0.2) is 6.10 Å². The minimum absolute atomic E-state index is 0.0266. The van der Waals surface area contributed by atoms with E-state index in [-0.39, 0.29) is 24.4 Å². The second kappa shape index (κ2) is 56.2. The summed E-state index contributed by atoms with van der Waals surface area (Å²) < 4.78 is 5.83. The first-order valence-electron chi connectivity index (χ1n) is 31.8. The van der Waals surface area contributed by atoms with Gasteiger partial charge in [0.25, 0.3) is 0 Å². The van der Waals surface area contributed by atoms with Gasteiger partial charge in [-0.2, -0.15) is 0 Å². The van der Waals surface area contributed by atoms with Crippen LogP contribution in [0.5, 0.6) is 0 Å². The van der Waals surface area contributed by atoms with Gasteiger partial charge < -0.3 is 9.84 Å². The Morgan fingerprint density at radius 3 is 0.931 bits per heavy atom. The minimum atomic E-state index is -1.31. The van der Waals surface area contributed by atoms with E-state index in [4.69, 9.17) is 4.74 Å². The predicted octanol–water partition coefficient (Wildman–Crippen LogP) is 21.2. The lowest BCUT2D eigenvalue weighted by atomic mass is 9.79. The van der Waals surface area contributed by atoms with Crippen molar-refractivity contribution in [1.82, 2.24) is 0 Å². The predicted molar refractivity (Wildman–Crippen MR) is 311 cm³/mol. The highest BCUT2D eigenvalue weighted by Crippen LogP contribution is 2.29. The van der Waals surface area contributed by atoms with Crippen molar-refractivity contribution >= 4 is 23.5 Å². The molecule has 0 aromatic heterocycles. The molecule has 72 heavy (non-hydrogen) atoms. The SMILES string of the molecule is CCCCCCCCC=CCCCCCCCC(=O)C(CCCCCC=CCCCCCCCC)C(C(=O)CCCCCCCC=CCCCCCCCC)C(=O)OC(CCCCCCCCCC)C(=O)O. The van der Waals surface area contributed by atoms with Gasteiger partial charge in [-0.05, 0) is 109 Å². The monoisotopic (exact) mass is 1010 g/mol. The van der Waals surface area contributed by atoms with E-state index >= 15 is 0 Å². The van der Waals surface area contributed by atoms with E-state index in [1.807, 2.05) is 0 Å². The van der Waals surface area contributed by atoms with E-state index in [0.29, 0.717) is 25.7 Å². The number of hydrogen-bond donors (Lipinski definition) is 1. The molecule has 0 aliphatic carbocycles. The molecule has 1 N–H and O–H groups in total. The van der Waals surface area contributed by atoms with Crippen LogP contribution < -0.4 is 0 Å². The van der Waals surface area contributed by atoms with Gasteiger partial charge in [0.1, 0.15) is 17.5 Å². The Hall–Kier alpha value is -2.50. The van der Waals surface area contributed by atoms with E-state index in [1.165, 1.54) is 154 Å². The molecule has 0 radical (unpaired) electrons. The van der Waals surface area contributed by atoms with Gasteiger partial charge in [0.05, 0.1) is 0 Å². The number of unbranched alkanes of at least 4 members (excludes halogenated alkanes) is 38. The van der Waals surface area contributed by atoms with E-state index in [9.17, 15) is 24.3 Å². The third-order valence-electron chi connectivity index (χ3n) is 14.9. The fourth-order valence-corrected chi connectivity index (χ4v) is 10.1. The number of ketones is 2. The maximum atomic E-state index is 14.3. The Kier molecular flexibility index (Phi) is 54.3. The van der Waals surface area contributed by atoms with E-state index in [1.54, 1.807) is 0 Å². The summed E-state index contributed by atoms with van der Waals surface area (Å²) in [5, 5.41) is 10.2. The second-order valence-electron chi connectivity index (χ2n) is 21.9. The van der Waals surface area contributed by atoms with Crippen molar-refractivity contribution in [2.45, 2.75) is 348 Å². The van der Waals surface area contributed by atoms with Crippen LogP contribution in [0.15, 0.2) is 36.5 Å². The first-order chi connectivity index (χ1) is 35.3. The second-order valence-corrected chi connectivity index (χ2v) is 21.9. The molecule has 0 amide bonds. The van der Waals surface area contributed by atoms with Gasteiger partial charge >= 0.3 is 11.9 Å². The highest BCUT2D eigenvalue weighted by atomic mass is 16.6. The summed E-state index contributed by atoms with van der Waals surface area (Å²) in [6.07, 6.45) is 65.3. The van der Waals surface area contributed by atoms with Crippen LogP contribution in [-0.2, 0) is 23.9 Å². The Labute approximate surface area is 447 Å². The number of carboxylic acids is 1. The molecule has 0 spiro atoms. The first-order valence-corrected chi connectivity index (χ1v) is 31.8. The molecular formula is C66H120O6. The van der Waals surface area contributed by atoms with E-state index in [2.05, 4.69) is 64.2 Å². The Morgan fingerprint density at radius 1 is 0.333 bits per heavy atom. The first kappa shape index (κ1) is 69.5. The summed E-state index contributed by atoms with van der Waals surface area (Å²) in [5.74, 6) is -4.24. The molecule has 0 aliphatic rings. The average molecular weight is 1010 g/mol. The molecule has 0 aromatic rings. The lowest BCUT2D eigenvalue weighted by Crippen LogP contribution is -2.40. The number of Topliss-reactive ketones (excluding diaryl/α,β-unsaturated/α-hetero) is 2. The van der Waals surface area contributed by atoms with Crippen molar-refractivity contribution in [3.8, 4) is 0 Å². The summed E-state index contributed by atoms with van der Waals surface area (Å²) in [4.78, 5) is 55.5. The van der Waals surface area contributed by atoms with Crippen LogP contribution in [0.25, 0.3) is 0 Å². The number of ether oxygens (including phenoxy) is 1. The van der Waals surface area contributed by atoms with Crippen LogP contribution in [-0.4, -0.2) is 34.7 Å². The number of esters is 1. The van der Waals surface area contributed by atoms with Crippen molar-refractivity contribution in [2.75, 3.05) is 0 Å². The van der Waals surface area contributed by atoms with Crippen LogP contribution in [0.1, 0.15) is 342 Å². The Bertz CT molecular complexity index is 1300. The lowest BCUT2D eigenvalue weighted by Gasteiger charge is -2.26. The number of allylic oxidation sites excluding steroid dienone is 6. The number of carbonyl (C=O) groups excluding carboxylic acids is 3. The van der Waals surface area contributed by atoms with Crippen LogP contribution in [0.4, 0.5) is 0 Å². The average Bonchev–Trinajstić information content (AvgIpc) is 3.37. The van der Waals surface area contributed by atoms with E-state index < -0.39 is 29.9 Å². The molecule has 0 rings (SSSR count). The Balaban J connectivity index is 5.69. The highest BCUT2D eigenvalue weighted by Gasteiger charge is 2.40. The minimum Gasteiger partial charge on any atom is -0.479 e.